The Hall–Kier alpha value is -2.11. The van der Waals surface area contributed by atoms with Gasteiger partial charge in [0.1, 0.15) is 11.0 Å². The molecule has 78 valence electrons. The molecule has 2 rings (SSSR count). The summed E-state index contributed by atoms with van der Waals surface area (Å²) in [5.74, 6) is 0. The van der Waals surface area contributed by atoms with Crippen LogP contribution in [-0.2, 0) is 0 Å². The van der Waals surface area contributed by atoms with Crippen LogP contribution in [0, 0.1) is 0 Å². The molecule has 2 amide bonds. The summed E-state index contributed by atoms with van der Waals surface area (Å²) < 4.78 is 0. The fourth-order valence-electron chi connectivity index (χ4n) is 1.23. The van der Waals surface area contributed by atoms with Crippen molar-refractivity contribution in [1.29, 1.82) is 0 Å². The van der Waals surface area contributed by atoms with Gasteiger partial charge in [0.25, 0.3) is 0 Å². The molecule has 0 unspecified atom stereocenters. The van der Waals surface area contributed by atoms with Crippen molar-refractivity contribution in [3.05, 3.63) is 24.3 Å². The molecule has 6 heteroatoms. The Morgan fingerprint density at radius 2 is 1.87 bits per heavy atom. The topological polar surface area (TPSA) is 63.1 Å². The van der Waals surface area contributed by atoms with E-state index in [4.69, 9.17) is 0 Å². The van der Waals surface area contributed by atoms with Gasteiger partial charge >= 0.3 is 6.03 Å². The summed E-state index contributed by atoms with van der Waals surface area (Å²) in [5.41, 5.74) is 1.52. The lowest BCUT2D eigenvalue weighted by Gasteiger charge is -2.13. The van der Waals surface area contributed by atoms with Gasteiger partial charge in [0.15, 0.2) is 0 Å². The molecule has 0 radical (unpaired) electrons. The lowest BCUT2D eigenvalue weighted by molar-refractivity contribution is 0.241. The lowest BCUT2D eigenvalue weighted by Crippen LogP contribution is -2.43. The summed E-state index contributed by atoms with van der Waals surface area (Å²) in [6.45, 7) is 0. The van der Waals surface area contributed by atoms with E-state index in [1.807, 2.05) is 24.3 Å². The maximum absolute atomic E-state index is 11.3. The molecule has 0 spiro atoms. The predicted molar refractivity (Wildman–Crippen MR) is 56.1 cm³/mol. The zero-order chi connectivity index (χ0) is 10.8. The molecule has 0 aliphatic carbocycles. The van der Waals surface area contributed by atoms with Gasteiger partial charge < -0.3 is 5.32 Å². The Bertz CT molecular complexity index is 459. The van der Waals surface area contributed by atoms with E-state index in [-0.39, 0.29) is 6.03 Å². The van der Waals surface area contributed by atoms with Gasteiger partial charge in [-0.2, -0.15) is 0 Å². The minimum Gasteiger partial charge on any atom is -0.340 e. The third-order valence-electron chi connectivity index (χ3n) is 2.05. The van der Waals surface area contributed by atoms with Crippen molar-refractivity contribution in [2.45, 2.75) is 0 Å². The standard InChI is InChI=1S/C9H11N5O/c1-10-9(15)13(2)14-11-7-5-3-4-6-8(7)12-14/h3-6H,1-2H3,(H,10,15). The van der Waals surface area contributed by atoms with Crippen molar-refractivity contribution in [2.24, 2.45) is 0 Å². The van der Waals surface area contributed by atoms with E-state index in [0.717, 1.165) is 11.0 Å². The number of carbonyl (C=O) groups is 1. The molecular weight excluding hydrogens is 194 g/mol. The second kappa shape index (κ2) is 3.56. The van der Waals surface area contributed by atoms with Crippen molar-refractivity contribution in [3.63, 3.8) is 0 Å². The number of urea groups is 1. The largest absolute Gasteiger partial charge is 0.340 e. The van der Waals surface area contributed by atoms with Crippen molar-refractivity contribution in [2.75, 3.05) is 19.1 Å². The second-order valence-corrected chi connectivity index (χ2v) is 3.04. The summed E-state index contributed by atoms with van der Waals surface area (Å²) in [4.78, 5) is 12.6. The molecular formula is C9H11N5O. The van der Waals surface area contributed by atoms with Crippen LogP contribution in [0.4, 0.5) is 4.79 Å². The summed E-state index contributed by atoms with van der Waals surface area (Å²) in [6.07, 6.45) is 0. The number of nitrogens with one attached hydrogen (secondary N) is 1. The van der Waals surface area contributed by atoms with Crippen LogP contribution >= 0.6 is 0 Å². The van der Waals surface area contributed by atoms with Gasteiger partial charge in [-0.1, -0.05) is 17.0 Å². The van der Waals surface area contributed by atoms with Gasteiger partial charge in [-0.3, -0.25) is 0 Å². The van der Waals surface area contributed by atoms with E-state index in [0.29, 0.717) is 0 Å². The highest BCUT2D eigenvalue weighted by molar-refractivity contribution is 5.83. The molecule has 6 nitrogen and oxygen atoms in total. The smallest absolute Gasteiger partial charge is 0.338 e. The van der Waals surface area contributed by atoms with Crippen LogP contribution in [0.2, 0.25) is 0 Å². The van der Waals surface area contributed by atoms with Gasteiger partial charge in [-0.25, -0.2) is 9.80 Å². The number of benzene rings is 1. The van der Waals surface area contributed by atoms with Crippen molar-refractivity contribution >= 4 is 17.1 Å². The normalized spacial score (nSPS) is 10.3. The Morgan fingerprint density at radius 1 is 1.33 bits per heavy atom. The minimum atomic E-state index is -0.268. The highest BCUT2D eigenvalue weighted by Gasteiger charge is 2.10. The molecule has 0 aliphatic rings. The van der Waals surface area contributed by atoms with E-state index < -0.39 is 0 Å². The first-order chi connectivity index (χ1) is 7.22. The molecule has 1 aromatic heterocycles. The number of aromatic nitrogens is 3. The Balaban J connectivity index is 2.40. The van der Waals surface area contributed by atoms with Gasteiger partial charge in [-0.15, -0.1) is 10.2 Å². The quantitative estimate of drug-likeness (QED) is 0.730. The number of hydrogen-bond acceptors (Lipinski definition) is 3. The fourth-order valence-corrected chi connectivity index (χ4v) is 1.23. The number of nitrogens with zero attached hydrogens (tertiary/aromatic N) is 4. The first-order valence-corrected chi connectivity index (χ1v) is 4.50. The third kappa shape index (κ3) is 1.61. The predicted octanol–water partition coefficient (Wildman–Crippen LogP) is 0.338. The summed E-state index contributed by atoms with van der Waals surface area (Å²) in [6, 6.07) is 7.17. The number of amides is 2. The molecule has 1 N–H and O–H groups in total. The third-order valence-corrected chi connectivity index (χ3v) is 2.05. The SMILES string of the molecule is CNC(=O)N(C)n1nc2ccccc2n1. The molecule has 0 saturated carbocycles. The van der Waals surface area contributed by atoms with E-state index in [1.54, 1.807) is 14.1 Å². The summed E-state index contributed by atoms with van der Waals surface area (Å²) in [7, 11) is 3.15. The molecule has 0 atom stereocenters. The maximum Gasteiger partial charge on any atom is 0.338 e. The molecule has 0 fully saturated rings. The minimum absolute atomic E-state index is 0.268. The fraction of sp³-hybridized carbons (Fsp3) is 0.222. The summed E-state index contributed by atoms with van der Waals surface area (Å²) in [5, 5.41) is 12.1. The Morgan fingerprint density at radius 3 is 2.33 bits per heavy atom. The molecule has 1 heterocycles. The average Bonchev–Trinajstić information content (AvgIpc) is 2.70. The molecule has 1 aromatic carbocycles. The van der Waals surface area contributed by atoms with Gasteiger partial charge in [-0.05, 0) is 12.1 Å². The number of fused-ring (bicyclic) bond motifs is 1. The van der Waals surface area contributed by atoms with Crippen molar-refractivity contribution in [3.8, 4) is 0 Å². The van der Waals surface area contributed by atoms with Crippen LogP contribution in [0.3, 0.4) is 0 Å². The first kappa shape index (κ1) is 9.45. The molecule has 0 saturated heterocycles. The number of carbonyl (C=O) groups excluding carboxylic acids is 1. The van der Waals surface area contributed by atoms with Gasteiger partial charge in [0.05, 0.1) is 0 Å². The average molecular weight is 205 g/mol. The highest BCUT2D eigenvalue weighted by Crippen LogP contribution is 2.06. The Labute approximate surface area is 86.4 Å². The van der Waals surface area contributed by atoms with Gasteiger partial charge in [0, 0.05) is 14.1 Å². The maximum atomic E-state index is 11.3. The van der Waals surface area contributed by atoms with Crippen molar-refractivity contribution < 1.29 is 4.79 Å². The Kier molecular flexibility index (Phi) is 2.24. The molecule has 0 bridgehead atoms. The monoisotopic (exact) mass is 205 g/mol. The van der Waals surface area contributed by atoms with E-state index >= 15 is 0 Å². The van der Waals surface area contributed by atoms with E-state index in [9.17, 15) is 4.79 Å². The van der Waals surface area contributed by atoms with Crippen LogP contribution in [-0.4, -0.2) is 35.2 Å². The van der Waals surface area contributed by atoms with Crippen LogP contribution in [0.5, 0.6) is 0 Å². The molecule has 0 aliphatic heterocycles. The highest BCUT2D eigenvalue weighted by atomic mass is 16.2. The lowest BCUT2D eigenvalue weighted by atomic mass is 10.3. The van der Waals surface area contributed by atoms with Gasteiger partial charge in [0.2, 0.25) is 0 Å². The second-order valence-electron chi connectivity index (χ2n) is 3.04. The number of rotatable bonds is 1. The first-order valence-electron chi connectivity index (χ1n) is 4.50. The summed E-state index contributed by atoms with van der Waals surface area (Å²) >= 11 is 0. The number of hydrogen-bond donors (Lipinski definition) is 1. The van der Waals surface area contributed by atoms with E-state index in [2.05, 4.69) is 15.5 Å². The van der Waals surface area contributed by atoms with E-state index in [1.165, 1.54) is 9.91 Å². The zero-order valence-electron chi connectivity index (χ0n) is 8.51. The van der Waals surface area contributed by atoms with Crippen LogP contribution < -0.4 is 10.3 Å². The van der Waals surface area contributed by atoms with Crippen molar-refractivity contribution in [1.82, 2.24) is 20.4 Å². The zero-order valence-corrected chi connectivity index (χ0v) is 8.51. The molecule has 2 aromatic rings. The van der Waals surface area contributed by atoms with Crippen LogP contribution in [0.15, 0.2) is 24.3 Å². The van der Waals surface area contributed by atoms with Crippen LogP contribution in [0.25, 0.3) is 11.0 Å². The molecule has 15 heavy (non-hydrogen) atoms. The van der Waals surface area contributed by atoms with Crippen LogP contribution in [0.1, 0.15) is 0 Å².